The first-order chi connectivity index (χ1) is 7.99. The van der Waals surface area contributed by atoms with E-state index in [1.165, 1.54) is 16.8 Å². The molecule has 0 aliphatic carbocycles. The standard InChI is InChI=1S/C11H6Cl3NO2/c12-6-3-10(11(16)17)15(5-6)7-1-2-8(13)9(14)4-7/h1-5H,(H,16,17). The molecule has 0 fully saturated rings. The third kappa shape index (κ3) is 2.41. The molecule has 0 saturated heterocycles. The van der Waals surface area contributed by atoms with Gasteiger partial charge in [-0.05, 0) is 24.3 Å². The van der Waals surface area contributed by atoms with Crippen molar-refractivity contribution in [3.8, 4) is 5.69 Å². The van der Waals surface area contributed by atoms with Gasteiger partial charge in [-0.1, -0.05) is 34.8 Å². The highest BCUT2D eigenvalue weighted by Gasteiger charge is 2.13. The first-order valence-corrected chi connectivity index (χ1v) is 5.69. The van der Waals surface area contributed by atoms with Crippen LogP contribution in [0.2, 0.25) is 15.1 Å². The van der Waals surface area contributed by atoms with Crippen molar-refractivity contribution in [2.24, 2.45) is 0 Å². The minimum atomic E-state index is -1.07. The monoisotopic (exact) mass is 289 g/mol. The summed E-state index contributed by atoms with van der Waals surface area (Å²) in [5.41, 5.74) is 0.650. The molecule has 1 aromatic heterocycles. The number of carboxylic acids is 1. The molecule has 0 radical (unpaired) electrons. The van der Waals surface area contributed by atoms with Crippen LogP contribution in [0.5, 0.6) is 0 Å². The Morgan fingerprint density at radius 3 is 2.41 bits per heavy atom. The molecule has 0 unspecified atom stereocenters. The van der Waals surface area contributed by atoms with E-state index in [0.717, 1.165) is 0 Å². The fourth-order valence-electron chi connectivity index (χ4n) is 1.44. The van der Waals surface area contributed by atoms with Crippen LogP contribution in [0.15, 0.2) is 30.5 Å². The zero-order valence-corrected chi connectivity index (χ0v) is 10.6. The Kier molecular flexibility index (Phi) is 3.33. The van der Waals surface area contributed by atoms with Crippen molar-refractivity contribution >= 4 is 40.8 Å². The van der Waals surface area contributed by atoms with Gasteiger partial charge in [-0.2, -0.15) is 0 Å². The van der Waals surface area contributed by atoms with Gasteiger partial charge in [0.2, 0.25) is 0 Å². The topological polar surface area (TPSA) is 42.2 Å². The lowest BCUT2D eigenvalue weighted by Gasteiger charge is -2.07. The molecule has 0 aliphatic rings. The number of halogens is 3. The van der Waals surface area contributed by atoms with Gasteiger partial charge in [-0.3, -0.25) is 0 Å². The van der Waals surface area contributed by atoms with E-state index in [0.29, 0.717) is 20.8 Å². The predicted octanol–water partition coefficient (Wildman–Crippen LogP) is 4.14. The molecule has 6 heteroatoms. The van der Waals surface area contributed by atoms with Crippen molar-refractivity contribution in [1.82, 2.24) is 4.57 Å². The van der Waals surface area contributed by atoms with Crippen LogP contribution in [-0.2, 0) is 0 Å². The highest BCUT2D eigenvalue weighted by Crippen LogP contribution is 2.26. The average Bonchev–Trinajstić information content (AvgIpc) is 2.64. The molecule has 1 heterocycles. The number of aromatic nitrogens is 1. The molecule has 0 atom stereocenters. The highest BCUT2D eigenvalue weighted by molar-refractivity contribution is 6.42. The zero-order valence-electron chi connectivity index (χ0n) is 8.32. The Morgan fingerprint density at radius 2 is 1.82 bits per heavy atom. The molecule has 0 saturated carbocycles. The third-order valence-electron chi connectivity index (χ3n) is 2.19. The third-order valence-corrected chi connectivity index (χ3v) is 3.13. The maximum absolute atomic E-state index is 11.0. The molecule has 0 spiro atoms. The smallest absolute Gasteiger partial charge is 0.352 e. The molecule has 3 nitrogen and oxygen atoms in total. The van der Waals surface area contributed by atoms with Gasteiger partial charge >= 0.3 is 5.97 Å². The SMILES string of the molecule is O=C(O)c1cc(Cl)cn1-c1ccc(Cl)c(Cl)c1. The number of rotatable bonds is 2. The molecule has 1 N–H and O–H groups in total. The molecule has 1 aromatic carbocycles. The summed E-state index contributed by atoms with van der Waals surface area (Å²) in [4.78, 5) is 11.0. The lowest BCUT2D eigenvalue weighted by molar-refractivity contribution is 0.0688. The van der Waals surface area contributed by atoms with Gasteiger partial charge in [0.15, 0.2) is 0 Å². The molecular formula is C11H6Cl3NO2. The summed E-state index contributed by atoms with van der Waals surface area (Å²) in [6, 6.07) is 6.20. The van der Waals surface area contributed by atoms with E-state index in [1.807, 2.05) is 0 Å². The van der Waals surface area contributed by atoms with Crippen molar-refractivity contribution in [2.45, 2.75) is 0 Å². The summed E-state index contributed by atoms with van der Waals surface area (Å²) in [7, 11) is 0. The van der Waals surface area contributed by atoms with E-state index in [9.17, 15) is 4.79 Å². The zero-order chi connectivity index (χ0) is 12.6. The fourth-order valence-corrected chi connectivity index (χ4v) is 1.94. The minimum absolute atomic E-state index is 0.0633. The van der Waals surface area contributed by atoms with Crippen molar-refractivity contribution in [2.75, 3.05) is 0 Å². The molecule has 0 amide bonds. The number of hydrogen-bond donors (Lipinski definition) is 1. The Hall–Kier alpha value is -1.16. The van der Waals surface area contributed by atoms with E-state index in [1.54, 1.807) is 18.2 Å². The summed E-state index contributed by atoms with van der Waals surface area (Å²) in [5.74, 6) is -1.07. The van der Waals surface area contributed by atoms with Crippen molar-refractivity contribution < 1.29 is 9.90 Å². The molecule has 2 aromatic rings. The number of carboxylic acid groups (broad SMARTS) is 1. The van der Waals surface area contributed by atoms with Crippen LogP contribution in [0, 0.1) is 0 Å². The Morgan fingerprint density at radius 1 is 1.12 bits per heavy atom. The van der Waals surface area contributed by atoms with Crippen molar-refractivity contribution in [3.63, 3.8) is 0 Å². The Labute approximate surface area is 112 Å². The Bertz CT molecular complexity index is 592. The maximum Gasteiger partial charge on any atom is 0.352 e. The first kappa shape index (κ1) is 12.3. The summed E-state index contributed by atoms with van der Waals surface area (Å²) in [5, 5.41) is 10.1. The molecule has 0 bridgehead atoms. The predicted molar refractivity (Wildman–Crippen MR) is 67.8 cm³/mol. The minimum Gasteiger partial charge on any atom is -0.477 e. The van der Waals surface area contributed by atoms with Gasteiger partial charge in [-0.25, -0.2) is 4.79 Å². The van der Waals surface area contributed by atoms with E-state index in [-0.39, 0.29) is 5.69 Å². The number of nitrogens with zero attached hydrogens (tertiary/aromatic N) is 1. The van der Waals surface area contributed by atoms with Crippen LogP contribution in [-0.4, -0.2) is 15.6 Å². The van der Waals surface area contributed by atoms with Crippen LogP contribution in [0.25, 0.3) is 5.69 Å². The summed E-state index contributed by atoms with van der Waals surface area (Å²) >= 11 is 17.5. The number of hydrogen-bond acceptors (Lipinski definition) is 1. The molecule has 2 rings (SSSR count). The van der Waals surface area contributed by atoms with Gasteiger partial charge in [0.1, 0.15) is 5.69 Å². The lowest BCUT2D eigenvalue weighted by Crippen LogP contribution is -2.05. The van der Waals surface area contributed by atoms with E-state index >= 15 is 0 Å². The van der Waals surface area contributed by atoms with Gasteiger partial charge in [-0.15, -0.1) is 0 Å². The summed E-state index contributed by atoms with van der Waals surface area (Å²) < 4.78 is 1.44. The fraction of sp³-hybridized carbons (Fsp3) is 0. The van der Waals surface area contributed by atoms with Crippen LogP contribution < -0.4 is 0 Å². The van der Waals surface area contributed by atoms with Crippen molar-refractivity contribution in [1.29, 1.82) is 0 Å². The second-order valence-corrected chi connectivity index (χ2v) is 4.57. The molecule has 88 valence electrons. The first-order valence-electron chi connectivity index (χ1n) is 4.55. The summed E-state index contributed by atoms with van der Waals surface area (Å²) in [6.45, 7) is 0. The van der Waals surface area contributed by atoms with E-state index in [2.05, 4.69) is 0 Å². The van der Waals surface area contributed by atoms with Gasteiger partial charge < -0.3 is 9.67 Å². The molecule has 17 heavy (non-hydrogen) atoms. The molecular weight excluding hydrogens is 284 g/mol. The normalized spacial score (nSPS) is 10.5. The Balaban J connectivity index is 2.59. The van der Waals surface area contributed by atoms with Gasteiger partial charge in [0, 0.05) is 11.9 Å². The van der Waals surface area contributed by atoms with E-state index in [4.69, 9.17) is 39.9 Å². The molecule has 0 aliphatic heterocycles. The van der Waals surface area contributed by atoms with Gasteiger partial charge in [0.25, 0.3) is 0 Å². The highest BCUT2D eigenvalue weighted by atomic mass is 35.5. The van der Waals surface area contributed by atoms with Crippen LogP contribution in [0.3, 0.4) is 0 Å². The number of benzene rings is 1. The second-order valence-electron chi connectivity index (χ2n) is 3.32. The number of aromatic carboxylic acids is 1. The van der Waals surface area contributed by atoms with Crippen molar-refractivity contribution in [3.05, 3.63) is 51.2 Å². The van der Waals surface area contributed by atoms with E-state index < -0.39 is 5.97 Å². The van der Waals surface area contributed by atoms with Crippen LogP contribution in [0.4, 0.5) is 0 Å². The van der Waals surface area contributed by atoms with Crippen LogP contribution >= 0.6 is 34.8 Å². The second kappa shape index (κ2) is 4.61. The quantitative estimate of drug-likeness (QED) is 0.903. The maximum atomic E-state index is 11.0. The van der Waals surface area contributed by atoms with Crippen LogP contribution in [0.1, 0.15) is 10.5 Å². The largest absolute Gasteiger partial charge is 0.477 e. The number of carbonyl (C=O) groups is 1. The lowest BCUT2D eigenvalue weighted by atomic mass is 10.3. The summed E-state index contributed by atoms with van der Waals surface area (Å²) in [6.07, 6.45) is 1.50. The average molecular weight is 291 g/mol. The van der Waals surface area contributed by atoms with Gasteiger partial charge in [0.05, 0.1) is 15.1 Å².